The first-order valence-electron chi connectivity index (χ1n) is 3.76. The fourth-order valence-corrected chi connectivity index (χ4v) is 1.57. The molecule has 1 aromatic rings. The molecule has 1 heterocycles. The van der Waals surface area contributed by atoms with E-state index in [2.05, 4.69) is 30.3 Å². The van der Waals surface area contributed by atoms with Gasteiger partial charge in [-0.1, -0.05) is 0 Å². The molecule has 0 amide bonds. The Bertz CT molecular complexity index is 267. The summed E-state index contributed by atoms with van der Waals surface area (Å²) in [7, 11) is 0. The van der Waals surface area contributed by atoms with E-state index in [0.717, 1.165) is 6.42 Å². The highest BCUT2D eigenvalue weighted by Gasteiger charge is 2.27. The SMILES string of the molecule is Cc1nc2c(n1C(C)C)C2. The van der Waals surface area contributed by atoms with Crippen LogP contribution in [-0.4, -0.2) is 9.55 Å². The van der Waals surface area contributed by atoms with E-state index in [9.17, 15) is 0 Å². The number of fused-ring (bicyclic) bond motifs is 1. The van der Waals surface area contributed by atoms with Crippen molar-refractivity contribution in [2.45, 2.75) is 33.2 Å². The molecule has 0 radical (unpaired) electrons. The standard InChI is InChI=1S/C8H12N2/c1-5(2)10-6(3)9-7-4-8(7)10/h5H,4H2,1-3H3. The molecule has 0 unspecified atom stereocenters. The average Bonchev–Trinajstić information content (AvgIpc) is 2.42. The molecule has 0 atom stereocenters. The van der Waals surface area contributed by atoms with Crippen molar-refractivity contribution in [2.75, 3.05) is 0 Å². The molecule has 0 saturated heterocycles. The van der Waals surface area contributed by atoms with Gasteiger partial charge in [0, 0.05) is 18.2 Å². The Morgan fingerprint density at radius 2 is 2.20 bits per heavy atom. The number of aromatic nitrogens is 2. The van der Waals surface area contributed by atoms with Crippen LogP contribution in [0.4, 0.5) is 0 Å². The van der Waals surface area contributed by atoms with Crippen LogP contribution in [0.2, 0.25) is 0 Å². The first-order chi connectivity index (χ1) is 4.70. The second kappa shape index (κ2) is 1.62. The van der Waals surface area contributed by atoms with Crippen LogP contribution in [0.3, 0.4) is 0 Å². The van der Waals surface area contributed by atoms with Crippen molar-refractivity contribution in [3.8, 4) is 0 Å². The van der Waals surface area contributed by atoms with Crippen molar-refractivity contribution < 1.29 is 0 Å². The second-order valence-corrected chi connectivity index (χ2v) is 3.19. The van der Waals surface area contributed by atoms with Gasteiger partial charge in [0.1, 0.15) is 5.82 Å². The number of hydrogen-bond acceptors (Lipinski definition) is 1. The van der Waals surface area contributed by atoms with Crippen LogP contribution >= 0.6 is 0 Å². The third-order valence-corrected chi connectivity index (χ3v) is 2.00. The number of hydrogen-bond donors (Lipinski definition) is 0. The number of aryl methyl sites for hydroxylation is 1. The minimum Gasteiger partial charge on any atom is -0.329 e. The molecule has 0 aliphatic heterocycles. The van der Waals surface area contributed by atoms with Crippen molar-refractivity contribution in [1.82, 2.24) is 9.55 Å². The Morgan fingerprint density at radius 3 is 2.50 bits per heavy atom. The zero-order valence-corrected chi connectivity index (χ0v) is 6.68. The van der Waals surface area contributed by atoms with E-state index in [1.165, 1.54) is 17.2 Å². The van der Waals surface area contributed by atoms with Gasteiger partial charge in [-0.25, -0.2) is 4.98 Å². The Kier molecular flexibility index (Phi) is 0.967. The summed E-state index contributed by atoms with van der Waals surface area (Å²) in [5.74, 6) is 1.17. The van der Waals surface area contributed by atoms with Gasteiger partial charge in [0.15, 0.2) is 0 Å². The van der Waals surface area contributed by atoms with Crippen molar-refractivity contribution >= 4 is 0 Å². The Labute approximate surface area is 60.9 Å². The largest absolute Gasteiger partial charge is 0.329 e. The molecule has 1 aromatic heterocycles. The maximum absolute atomic E-state index is 4.39. The molecular formula is C8H12N2. The fraction of sp³-hybridized carbons (Fsp3) is 0.625. The van der Waals surface area contributed by atoms with Crippen molar-refractivity contribution in [3.05, 3.63) is 17.2 Å². The lowest BCUT2D eigenvalue weighted by molar-refractivity contribution is 0.571. The van der Waals surface area contributed by atoms with Crippen LogP contribution < -0.4 is 0 Å². The minimum absolute atomic E-state index is 0.582. The summed E-state index contributed by atoms with van der Waals surface area (Å²) in [4.78, 5) is 4.39. The van der Waals surface area contributed by atoms with E-state index < -0.39 is 0 Å². The lowest BCUT2D eigenvalue weighted by Gasteiger charge is -2.09. The molecule has 0 spiro atoms. The lowest BCUT2D eigenvalue weighted by atomic mass is 10.4. The van der Waals surface area contributed by atoms with Crippen LogP contribution in [0.1, 0.15) is 37.1 Å². The Balaban J connectivity index is 2.50. The first kappa shape index (κ1) is 5.96. The maximum atomic E-state index is 4.39. The predicted octanol–water partition coefficient (Wildman–Crippen LogP) is 1.68. The summed E-state index contributed by atoms with van der Waals surface area (Å²) < 4.78 is 2.31. The molecule has 1 aliphatic carbocycles. The molecule has 0 N–H and O–H groups in total. The van der Waals surface area contributed by atoms with Crippen LogP contribution in [0.5, 0.6) is 0 Å². The highest BCUT2D eigenvalue weighted by atomic mass is 15.1. The van der Waals surface area contributed by atoms with Crippen LogP contribution in [0, 0.1) is 6.92 Å². The molecule has 0 saturated carbocycles. The smallest absolute Gasteiger partial charge is 0.106 e. The molecule has 0 bridgehead atoms. The van der Waals surface area contributed by atoms with E-state index >= 15 is 0 Å². The van der Waals surface area contributed by atoms with E-state index in [1.54, 1.807) is 0 Å². The van der Waals surface area contributed by atoms with Gasteiger partial charge in [-0.05, 0) is 20.8 Å². The Hall–Kier alpha value is -0.790. The number of imidazole rings is 1. The van der Waals surface area contributed by atoms with Crippen LogP contribution in [0.25, 0.3) is 0 Å². The van der Waals surface area contributed by atoms with E-state index in [-0.39, 0.29) is 0 Å². The number of rotatable bonds is 1. The monoisotopic (exact) mass is 136 g/mol. The maximum Gasteiger partial charge on any atom is 0.106 e. The minimum atomic E-state index is 0.582. The lowest BCUT2D eigenvalue weighted by Crippen LogP contribution is -2.04. The van der Waals surface area contributed by atoms with Crippen molar-refractivity contribution in [2.24, 2.45) is 0 Å². The second-order valence-electron chi connectivity index (χ2n) is 3.19. The molecule has 0 fully saturated rings. The molecule has 2 nitrogen and oxygen atoms in total. The first-order valence-corrected chi connectivity index (χ1v) is 3.76. The van der Waals surface area contributed by atoms with Crippen molar-refractivity contribution in [3.63, 3.8) is 0 Å². The molecular weight excluding hydrogens is 124 g/mol. The topological polar surface area (TPSA) is 17.8 Å². The normalized spacial score (nSPS) is 14.0. The van der Waals surface area contributed by atoms with E-state index in [4.69, 9.17) is 0 Å². The quantitative estimate of drug-likeness (QED) is 0.583. The van der Waals surface area contributed by atoms with Gasteiger partial charge in [0.05, 0.1) is 5.69 Å². The van der Waals surface area contributed by atoms with Gasteiger partial charge in [-0.2, -0.15) is 0 Å². The van der Waals surface area contributed by atoms with Crippen LogP contribution in [-0.2, 0) is 6.42 Å². The summed E-state index contributed by atoms with van der Waals surface area (Å²) in [6.45, 7) is 6.48. The van der Waals surface area contributed by atoms with Gasteiger partial charge >= 0.3 is 0 Å². The van der Waals surface area contributed by atoms with Gasteiger partial charge < -0.3 is 4.57 Å². The molecule has 2 rings (SSSR count). The van der Waals surface area contributed by atoms with E-state index in [1.807, 2.05) is 0 Å². The molecule has 10 heavy (non-hydrogen) atoms. The highest BCUT2D eigenvalue weighted by Crippen LogP contribution is 2.30. The molecule has 0 aromatic carbocycles. The summed E-state index contributed by atoms with van der Waals surface area (Å²) in [5.41, 5.74) is 2.76. The summed E-state index contributed by atoms with van der Waals surface area (Å²) >= 11 is 0. The number of nitrogens with zero attached hydrogens (tertiary/aromatic N) is 2. The summed E-state index contributed by atoms with van der Waals surface area (Å²) in [6.07, 6.45) is 1.13. The van der Waals surface area contributed by atoms with E-state index in [0.29, 0.717) is 6.04 Å². The zero-order chi connectivity index (χ0) is 7.30. The van der Waals surface area contributed by atoms with Gasteiger partial charge in [-0.15, -0.1) is 0 Å². The molecule has 2 heteroatoms. The predicted molar refractivity (Wildman–Crippen MR) is 40.2 cm³/mol. The highest BCUT2D eigenvalue weighted by molar-refractivity contribution is 5.36. The van der Waals surface area contributed by atoms with Gasteiger partial charge in [0.25, 0.3) is 0 Å². The molecule has 1 aliphatic rings. The summed E-state index contributed by atoms with van der Waals surface area (Å²) in [6, 6.07) is 0.582. The van der Waals surface area contributed by atoms with Gasteiger partial charge in [0.2, 0.25) is 0 Å². The van der Waals surface area contributed by atoms with Crippen LogP contribution in [0.15, 0.2) is 0 Å². The third-order valence-electron chi connectivity index (χ3n) is 2.00. The summed E-state index contributed by atoms with van der Waals surface area (Å²) in [5, 5.41) is 0. The average molecular weight is 136 g/mol. The third kappa shape index (κ3) is 0.618. The Morgan fingerprint density at radius 1 is 1.50 bits per heavy atom. The zero-order valence-electron chi connectivity index (χ0n) is 6.68. The fourth-order valence-electron chi connectivity index (χ4n) is 1.57. The van der Waals surface area contributed by atoms with Gasteiger partial charge in [-0.3, -0.25) is 0 Å². The molecule has 54 valence electrons. The van der Waals surface area contributed by atoms with Crippen molar-refractivity contribution in [1.29, 1.82) is 0 Å².